The van der Waals surface area contributed by atoms with Gasteiger partial charge in [0.05, 0.1) is 17.8 Å². The van der Waals surface area contributed by atoms with E-state index in [4.69, 9.17) is 14.6 Å². The summed E-state index contributed by atoms with van der Waals surface area (Å²) in [6.45, 7) is 3.77. The number of fused-ring (bicyclic) bond motifs is 1. The van der Waals surface area contributed by atoms with E-state index in [2.05, 4.69) is 10.2 Å². The van der Waals surface area contributed by atoms with Gasteiger partial charge in [-0.2, -0.15) is 5.10 Å². The van der Waals surface area contributed by atoms with Crippen LogP contribution in [0.2, 0.25) is 0 Å². The van der Waals surface area contributed by atoms with Crippen LogP contribution in [0.3, 0.4) is 0 Å². The maximum atomic E-state index is 8.36. The number of H-pyrrole nitrogens is 1. The van der Waals surface area contributed by atoms with E-state index >= 15 is 0 Å². The third kappa shape index (κ3) is 3.27. The van der Waals surface area contributed by atoms with E-state index in [1.807, 2.05) is 32.0 Å². The number of aromatic nitrogens is 2. The van der Waals surface area contributed by atoms with Crippen LogP contribution in [0.1, 0.15) is 13.8 Å². The Morgan fingerprint density at radius 1 is 1.50 bits per heavy atom. The van der Waals surface area contributed by atoms with Crippen LogP contribution in [0, 0.1) is 0 Å². The summed E-state index contributed by atoms with van der Waals surface area (Å²) in [6, 6.07) is 5.91. The topological polar surface area (TPSA) is 75.2 Å². The molecule has 0 spiro atoms. The zero-order chi connectivity index (χ0) is 12.0. The molecule has 0 atom stereocenters. The molecular weight excluding hydrogens is 208 g/mol. The van der Waals surface area contributed by atoms with Crippen LogP contribution >= 0.6 is 0 Å². The van der Waals surface area contributed by atoms with Crippen molar-refractivity contribution < 1.29 is 14.6 Å². The molecule has 0 aliphatic carbocycles. The molecule has 1 heterocycles. The molecule has 0 unspecified atom stereocenters. The van der Waals surface area contributed by atoms with Gasteiger partial charge in [0.15, 0.2) is 0 Å². The van der Waals surface area contributed by atoms with E-state index < -0.39 is 0 Å². The number of ether oxygens (including phenoxy) is 1. The van der Waals surface area contributed by atoms with Gasteiger partial charge in [-0.15, -0.1) is 0 Å². The van der Waals surface area contributed by atoms with E-state index in [1.165, 1.54) is 0 Å². The van der Waals surface area contributed by atoms with Crippen molar-refractivity contribution in [1.29, 1.82) is 0 Å². The Hall–Kier alpha value is -2.04. The minimum atomic E-state index is -0.250. The number of aromatic amines is 1. The first-order chi connectivity index (χ1) is 7.67. The van der Waals surface area contributed by atoms with Gasteiger partial charge in [-0.3, -0.25) is 9.89 Å². The standard InChI is InChI=1S/C10H12N2O.CH2O2/c1-7(2)13-9-4-3-8-6-11-12-10(8)5-9;2-1-3/h3-7H,1-2H3,(H,11,12);1H,(H,2,3). The van der Waals surface area contributed by atoms with E-state index in [1.54, 1.807) is 6.20 Å². The normalized spacial score (nSPS) is 9.69. The second-order valence-corrected chi connectivity index (χ2v) is 3.39. The first kappa shape index (κ1) is 12.0. The second kappa shape index (κ2) is 5.75. The van der Waals surface area contributed by atoms with Gasteiger partial charge in [-0.1, -0.05) is 0 Å². The van der Waals surface area contributed by atoms with Crippen molar-refractivity contribution in [1.82, 2.24) is 10.2 Å². The molecule has 1 aromatic carbocycles. The molecule has 2 N–H and O–H groups in total. The molecule has 0 aliphatic heterocycles. The van der Waals surface area contributed by atoms with Crippen molar-refractivity contribution in [3.63, 3.8) is 0 Å². The molecule has 0 aliphatic rings. The van der Waals surface area contributed by atoms with Gasteiger partial charge in [0.2, 0.25) is 0 Å². The van der Waals surface area contributed by atoms with E-state index in [0.717, 1.165) is 16.7 Å². The molecule has 5 nitrogen and oxygen atoms in total. The SMILES string of the molecule is CC(C)Oc1ccc2cn[nH]c2c1.O=CO. The predicted molar refractivity (Wildman–Crippen MR) is 60.6 cm³/mol. The largest absolute Gasteiger partial charge is 0.491 e. The summed E-state index contributed by atoms with van der Waals surface area (Å²) in [6.07, 6.45) is 2.01. The monoisotopic (exact) mass is 222 g/mol. The molecule has 0 bridgehead atoms. The van der Waals surface area contributed by atoms with Gasteiger partial charge in [-0.25, -0.2) is 0 Å². The number of benzene rings is 1. The van der Waals surface area contributed by atoms with Gasteiger partial charge >= 0.3 is 0 Å². The maximum Gasteiger partial charge on any atom is 0.290 e. The summed E-state index contributed by atoms with van der Waals surface area (Å²) in [7, 11) is 0. The smallest absolute Gasteiger partial charge is 0.290 e. The summed E-state index contributed by atoms with van der Waals surface area (Å²) in [5.41, 5.74) is 1.01. The molecular formula is C11H14N2O3. The van der Waals surface area contributed by atoms with Gasteiger partial charge in [0.1, 0.15) is 5.75 Å². The van der Waals surface area contributed by atoms with Crippen LogP contribution in [-0.4, -0.2) is 27.9 Å². The molecule has 2 aromatic rings. The van der Waals surface area contributed by atoms with Crippen molar-refractivity contribution in [2.75, 3.05) is 0 Å². The first-order valence-corrected chi connectivity index (χ1v) is 4.85. The number of carboxylic acid groups (broad SMARTS) is 1. The van der Waals surface area contributed by atoms with Crippen LogP contribution in [0.4, 0.5) is 0 Å². The molecule has 1 aromatic heterocycles. The van der Waals surface area contributed by atoms with Gasteiger partial charge in [0.25, 0.3) is 6.47 Å². The number of hydrogen-bond donors (Lipinski definition) is 2. The van der Waals surface area contributed by atoms with Crippen LogP contribution < -0.4 is 4.74 Å². The number of carbonyl (C=O) groups is 1. The Morgan fingerprint density at radius 2 is 2.19 bits per heavy atom. The molecule has 0 saturated heterocycles. The Balaban J connectivity index is 0.000000386. The minimum Gasteiger partial charge on any atom is -0.491 e. The fourth-order valence-corrected chi connectivity index (χ4v) is 1.26. The molecule has 86 valence electrons. The third-order valence-corrected chi connectivity index (χ3v) is 1.79. The predicted octanol–water partition coefficient (Wildman–Crippen LogP) is 2.05. The van der Waals surface area contributed by atoms with E-state index in [0.29, 0.717) is 0 Å². The maximum absolute atomic E-state index is 8.36. The summed E-state index contributed by atoms with van der Waals surface area (Å²) >= 11 is 0. The first-order valence-electron chi connectivity index (χ1n) is 4.85. The summed E-state index contributed by atoms with van der Waals surface area (Å²) in [5, 5.41) is 14.8. The fourth-order valence-electron chi connectivity index (χ4n) is 1.26. The lowest BCUT2D eigenvalue weighted by Gasteiger charge is -2.08. The quantitative estimate of drug-likeness (QED) is 0.762. The van der Waals surface area contributed by atoms with E-state index in [9.17, 15) is 0 Å². The zero-order valence-electron chi connectivity index (χ0n) is 9.18. The van der Waals surface area contributed by atoms with Crippen molar-refractivity contribution in [3.8, 4) is 5.75 Å². The van der Waals surface area contributed by atoms with Gasteiger partial charge < -0.3 is 9.84 Å². The average Bonchev–Trinajstić information content (AvgIpc) is 2.64. The summed E-state index contributed by atoms with van der Waals surface area (Å²) < 4.78 is 5.54. The Morgan fingerprint density at radius 3 is 2.81 bits per heavy atom. The zero-order valence-corrected chi connectivity index (χ0v) is 9.18. The molecule has 2 rings (SSSR count). The molecule has 0 fully saturated rings. The number of hydrogen-bond acceptors (Lipinski definition) is 3. The van der Waals surface area contributed by atoms with Crippen LogP contribution in [0.5, 0.6) is 5.75 Å². The van der Waals surface area contributed by atoms with Crippen molar-refractivity contribution >= 4 is 17.4 Å². The Labute approximate surface area is 93.0 Å². The van der Waals surface area contributed by atoms with Crippen molar-refractivity contribution in [2.45, 2.75) is 20.0 Å². The van der Waals surface area contributed by atoms with Crippen LogP contribution in [-0.2, 0) is 4.79 Å². The fraction of sp³-hybridized carbons (Fsp3) is 0.273. The summed E-state index contributed by atoms with van der Waals surface area (Å²) in [5.74, 6) is 0.881. The molecule has 5 heteroatoms. The number of nitrogens with one attached hydrogen (secondary N) is 1. The lowest BCUT2D eigenvalue weighted by molar-refractivity contribution is -0.122. The Bertz CT molecular complexity index is 451. The molecule has 16 heavy (non-hydrogen) atoms. The van der Waals surface area contributed by atoms with Crippen molar-refractivity contribution in [2.24, 2.45) is 0 Å². The highest BCUT2D eigenvalue weighted by Crippen LogP contribution is 2.19. The lowest BCUT2D eigenvalue weighted by Crippen LogP contribution is -2.05. The number of rotatable bonds is 2. The highest BCUT2D eigenvalue weighted by atomic mass is 16.5. The minimum absolute atomic E-state index is 0.209. The highest BCUT2D eigenvalue weighted by Gasteiger charge is 2.00. The van der Waals surface area contributed by atoms with E-state index in [-0.39, 0.29) is 12.6 Å². The number of nitrogens with zero attached hydrogens (tertiary/aromatic N) is 1. The molecule has 0 saturated carbocycles. The lowest BCUT2D eigenvalue weighted by atomic mass is 10.2. The summed E-state index contributed by atoms with van der Waals surface area (Å²) in [4.78, 5) is 8.36. The molecule has 0 radical (unpaired) electrons. The van der Waals surface area contributed by atoms with Gasteiger partial charge in [0, 0.05) is 11.5 Å². The highest BCUT2D eigenvalue weighted by molar-refractivity contribution is 5.79. The van der Waals surface area contributed by atoms with Crippen molar-refractivity contribution in [3.05, 3.63) is 24.4 Å². The average molecular weight is 222 g/mol. The Kier molecular flexibility index (Phi) is 4.32. The third-order valence-electron chi connectivity index (χ3n) is 1.79. The second-order valence-electron chi connectivity index (χ2n) is 3.39. The van der Waals surface area contributed by atoms with Gasteiger partial charge in [-0.05, 0) is 26.0 Å². The molecule has 0 amide bonds. The van der Waals surface area contributed by atoms with Crippen LogP contribution in [0.25, 0.3) is 10.9 Å². The van der Waals surface area contributed by atoms with Crippen LogP contribution in [0.15, 0.2) is 24.4 Å².